The molecule has 5 aromatic carbocycles. The van der Waals surface area contributed by atoms with Crippen LogP contribution in [-0.2, 0) is 87.6 Å². The molecule has 17 atom stereocenters. The first-order valence-corrected chi connectivity index (χ1v) is 26.2. The first-order valence-electron chi connectivity index (χ1n) is 25.1. The highest BCUT2D eigenvalue weighted by molar-refractivity contribution is 7.30. The van der Waals surface area contributed by atoms with Gasteiger partial charge in [0.2, 0.25) is 0 Å². The van der Waals surface area contributed by atoms with Crippen molar-refractivity contribution in [3.8, 4) is 0 Å². The topological polar surface area (TPSA) is 151 Å². The van der Waals surface area contributed by atoms with Crippen LogP contribution < -0.4 is 4.89 Å². The maximum Gasteiger partial charge on any atom is 0.488 e. The zero-order valence-corrected chi connectivity index (χ0v) is 42.2. The molecular weight excluding hydrogens is 940 g/mol. The van der Waals surface area contributed by atoms with Crippen molar-refractivity contribution in [1.29, 1.82) is 0 Å². The fourth-order valence-corrected chi connectivity index (χ4v) is 10.2. The number of hydrogen-bond donors (Lipinski definition) is 0. The Kier molecular flexibility index (Phi) is 18.8. The van der Waals surface area contributed by atoms with Crippen molar-refractivity contribution in [1.82, 2.24) is 0 Å². The monoisotopic (exact) mass is 1010 g/mol. The number of benzene rings is 5. The summed E-state index contributed by atoms with van der Waals surface area (Å²) in [6, 6.07) is 49.5. The third kappa shape index (κ3) is 13.5. The quantitative estimate of drug-likeness (QED) is 0.0643. The van der Waals surface area contributed by atoms with Gasteiger partial charge in [0.1, 0.15) is 43.2 Å². The molecule has 9 rings (SSSR count). The Bertz CT molecular complexity index is 2370. The van der Waals surface area contributed by atoms with Gasteiger partial charge in [0.15, 0.2) is 25.2 Å². The molecule has 4 saturated heterocycles. The second-order valence-corrected chi connectivity index (χ2v) is 20.0. The van der Waals surface area contributed by atoms with Crippen molar-refractivity contribution in [2.45, 2.75) is 128 Å². The molecular formula is C57H67O14P. The predicted octanol–water partition coefficient (Wildman–Crippen LogP) is 9.23. The van der Waals surface area contributed by atoms with Crippen molar-refractivity contribution < 1.29 is 66.1 Å². The van der Waals surface area contributed by atoms with Gasteiger partial charge in [0.05, 0.1) is 51.8 Å². The summed E-state index contributed by atoms with van der Waals surface area (Å²) < 4.78 is 92.4. The average molecular weight is 1010 g/mol. The summed E-state index contributed by atoms with van der Waals surface area (Å²) in [6.45, 7) is 9.66. The van der Waals surface area contributed by atoms with Crippen LogP contribution in [0.15, 0.2) is 152 Å². The lowest BCUT2D eigenvalue weighted by atomic mass is 9.83. The molecule has 0 radical (unpaired) electrons. The fraction of sp³-hybridized carbons (Fsp3) is 0.474. The van der Waals surface area contributed by atoms with E-state index in [1.807, 2.05) is 159 Å². The summed E-state index contributed by atoms with van der Waals surface area (Å²) in [7, 11) is -3.13. The molecule has 0 aliphatic carbocycles. The Morgan fingerprint density at radius 1 is 0.486 bits per heavy atom. The van der Waals surface area contributed by atoms with Crippen molar-refractivity contribution in [3.05, 3.63) is 179 Å². The number of hydrogen-bond acceptors (Lipinski definition) is 14. The van der Waals surface area contributed by atoms with Crippen LogP contribution in [0.5, 0.6) is 0 Å². The SMILES string of the molecule is CC1[C@H](OCc2ccccc2)OC(COCc2ccccc2)[C@@H](O[C@@H]2OC3COC(c4ccccc4)O[C@H]3[C@H](O[C@H]3O[C@@H](CO[P+](=O)[O-])[C@@H](C)C(C)C3OCc3ccccc3)C2OCc2ccccc2)[C@@H]1C. The lowest BCUT2D eigenvalue weighted by Gasteiger charge is -2.53. The molecule has 5 aromatic rings. The van der Waals surface area contributed by atoms with E-state index in [4.69, 9.17) is 56.6 Å². The van der Waals surface area contributed by atoms with Crippen LogP contribution in [0.3, 0.4) is 0 Å². The molecule has 8 unspecified atom stereocenters. The highest BCUT2D eigenvalue weighted by Crippen LogP contribution is 2.43. The van der Waals surface area contributed by atoms with Crippen LogP contribution in [0, 0.1) is 23.7 Å². The van der Waals surface area contributed by atoms with E-state index in [0.29, 0.717) is 13.2 Å². The Labute approximate surface area is 424 Å². The highest BCUT2D eigenvalue weighted by atomic mass is 31.1. The fourth-order valence-electron chi connectivity index (χ4n) is 9.95. The summed E-state index contributed by atoms with van der Waals surface area (Å²) in [5, 5.41) is 0. The summed E-state index contributed by atoms with van der Waals surface area (Å²) in [5.74, 6) is -0.605. The minimum absolute atomic E-state index is 0.116. The van der Waals surface area contributed by atoms with E-state index < -0.39 is 82.2 Å². The Morgan fingerprint density at radius 3 is 1.56 bits per heavy atom. The second kappa shape index (κ2) is 25.8. The predicted molar refractivity (Wildman–Crippen MR) is 263 cm³/mol. The lowest BCUT2D eigenvalue weighted by Crippen LogP contribution is -2.67. The van der Waals surface area contributed by atoms with Crippen molar-refractivity contribution in [2.75, 3.05) is 19.8 Å². The maximum atomic E-state index is 11.8. The third-order valence-electron chi connectivity index (χ3n) is 14.5. The highest BCUT2D eigenvalue weighted by Gasteiger charge is 2.56. The van der Waals surface area contributed by atoms with E-state index in [2.05, 4.69) is 20.8 Å². The van der Waals surface area contributed by atoms with Crippen LogP contribution in [0.25, 0.3) is 0 Å². The number of ether oxygens (including phenoxy) is 11. The molecule has 0 spiro atoms. The van der Waals surface area contributed by atoms with Crippen LogP contribution in [0.4, 0.5) is 0 Å². The average Bonchev–Trinajstić information content (AvgIpc) is 3.41. The molecule has 0 N–H and O–H groups in total. The van der Waals surface area contributed by atoms with Gasteiger partial charge in [-0.2, -0.15) is 0 Å². The molecule has 0 amide bonds. The minimum Gasteiger partial charge on any atom is -0.566 e. The van der Waals surface area contributed by atoms with Crippen molar-refractivity contribution >= 4 is 8.25 Å². The smallest absolute Gasteiger partial charge is 0.488 e. The molecule has 4 heterocycles. The summed E-state index contributed by atoms with van der Waals surface area (Å²) in [6.07, 6.45) is -9.23. The summed E-state index contributed by atoms with van der Waals surface area (Å²) in [5.41, 5.74) is 4.78. The van der Waals surface area contributed by atoms with Gasteiger partial charge in [0.25, 0.3) is 0 Å². The van der Waals surface area contributed by atoms with Crippen molar-refractivity contribution in [3.63, 3.8) is 0 Å². The van der Waals surface area contributed by atoms with Gasteiger partial charge in [-0.25, -0.2) is 0 Å². The van der Waals surface area contributed by atoms with Crippen LogP contribution in [-0.4, -0.2) is 87.5 Å². The third-order valence-corrected chi connectivity index (χ3v) is 14.8. The molecule has 0 aromatic heterocycles. The largest absolute Gasteiger partial charge is 0.566 e. The van der Waals surface area contributed by atoms with E-state index >= 15 is 0 Å². The van der Waals surface area contributed by atoms with Crippen LogP contribution in [0.2, 0.25) is 0 Å². The summed E-state index contributed by atoms with van der Waals surface area (Å²) in [4.78, 5) is 11.8. The first kappa shape index (κ1) is 52.5. The standard InChI is InChI=1S/C57H67O14P/c1-37-38(2)50(61-31-42-22-12-6-13-23-42)56(66-46(37)36-65-72(58)59)71-52-51-48(35-64-55(70-51)45-28-18-9-19-29-45)68-57(53(52)62-32-43-24-14-7-15-25-43)69-49-39(3)40(4)54(63-33-44-26-16-8-17-27-44)67-47(49)34-60-30-41-20-10-5-11-21-41/h5-29,37-40,46-57H,30-36H2,1-4H3/t37-,38?,39+,40?,46-,47?,48?,49-,50?,51+,52-,53?,54+,55?,56+,57-/m0/s1. The molecule has 14 nitrogen and oxygen atoms in total. The molecule has 0 bridgehead atoms. The zero-order chi connectivity index (χ0) is 49.8. The molecule has 4 aliphatic heterocycles. The van der Waals surface area contributed by atoms with Gasteiger partial charge in [0, 0.05) is 11.5 Å². The lowest BCUT2D eigenvalue weighted by molar-refractivity contribution is -0.407. The van der Waals surface area contributed by atoms with Gasteiger partial charge >= 0.3 is 8.25 Å². The maximum absolute atomic E-state index is 11.8. The number of fused-ring (bicyclic) bond motifs is 1. The Morgan fingerprint density at radius 2 is 0.972 bits per heavy atom. The van der Waals surface area contributed by atoms with E-state index in [1.165, 1.54) is 0 Å². The van der Waals surface area contributed by atoms with E-state index in [0.717, 1.165) is 27.8 Å². The van der Waals surface area contributed by atoms with Gasteiger partial charge in [-0.3, -0.25) is 0 Å². The molecule has 4 fully saturated rings. The number of rotatable bonds is 21. The van der Waals surface area contributed by atoms with E-state index in [9.17, 15) is 9.46 Å². The first-order chi connectivity index (χ1) is 35.2. The minimum atomic E-state index is -3.13. The summed E-state index contributed by atoms with van der Waals surface area (Å²) >= 11 is 0. The molecule has 384 valence electrons. The molecule has 0 saturated carbocycles. The van der Waals surface area contributed by atoms with Gasteiger partial charge < -0.3 is 57.0 Å². The zero-order valence-electron chi connectivity index (χ0n) is 41.3. The molecule has 4 aliphatic rings. The Hall–Kier alpha value is -4.32. The molecule has 15 heteroatoms. The second-order valence-electron chi connectivity index (χ2n) is 19.3. The normalized spacial score (nSPS) is 32.9. The molecule has 72 heavy (non-hydrogen) atoms. The van der Waals surface area contributed by atoms with Crippen molar-refractivity contribution in [2.24, 2.45) is 23.7 Å². The van der Waals surface area contributed by atoms with Gasteiger partial charge in [-0.15, -0.1) is 4.52 Å². The van der Waals surface area contributed by atoms with E-state index in [1.54, 1.807) is 0 Å². The van der Waals surface area contributed by atoms with Crippen LogP contribution in [0.1, 0.15) is 61.8 Å². The Balaban J connectivity index is 1.06. The van der Waals surface area contributed by atoms with Crippen LogP contribution >= 0.6 is 8.25 Å². The van der Waals surface area contributed by atoms with Gasteiger partial charge in [-0.05, 0) is 44.6 Å². The van der Waals surface area contributed by atoms with Gasteiger partial charge in [-0.1, -0.05) is 179 Å². The van der Waals surface area contributed by atoms with E-state index in [-0.39, 0.29) is 56.7 Å².